The molecule has 0 heterocycles. The maximum absolute atomic E-state index is 10.6. The average Bonchev–Trinajstić information content (AvgIpc) is 2.64. The van der Waals surface area contributed by atoms with Crippen LogP contribution in [0.25, 0.3) is 6.08 Å². The van der Waals surface area contributed by atoms with Crippen LogP contribution in [0.5, 0.6) is 23.0 Å². The number of carboxylic acids is 1. The average molecular weight is 344 g/mol. The number of hydrogen-bond donors (Lipinski definition) is 1. The molecule has 0 radical (unpaired) electrons. The second-order valence-electron chi connectivity index (χ2n) is 5.06. The van der Waals surface area contributed by atoms with E-state index in [-0.39, 0.29) is 0 Å². The Hall–Kier alpha value is -3.15. The van der Waals surface area contributed by atoms with E-state index in [9.17, 15) is 4.79 Å². The molecule has 0 bridgehead atoms. The summed E-state index contributed by atoms with van der Waals surface area (Å²) in [6.07, 6.45) is 2.56. The van der Waals surface area contributed by atoms with Crippen LogP contribution in [0, 0.1) is 0 Å². The van der Waals surface area contributed by atoms with Crippen LogP contribution in [0.3, 0.4) is 0 Å². The topological polar surface area (TPSA) is 74.2 Å². The van der Waals surface area contributed by atoms with Gasteiger partial charge in [0, 0.05) is 6.08 Å². The first-order valence-electron chi connectivity index (χ1n) is 7.50. The molecule has 0 atom stereocenters. The Morgan fingerprint density at radius 2 is 1.56 bits per heavy atom. The molecule has 25 heavy (non-hydrogen) atoms. The van der Waals surface area contributed by atoms with Gasteiger partial charge in [-0.1, -0.05) is 12.1 Å². The molecule has 0 saturated carbocycles. The Morgan fingerprint density at radius 1 is 0.920 bits per heavy atom. The third kappa shape index (κ3) is 4.91. The van der Waals surface area contributed by atoms with Crippen molar-refractivity contribution in [1.82, 2.24) is 0 Å². The zero-order chi connectivity index (χ0) is 18.2. The van der Waals surface area contributed by atoms with Crippen LogP contribution >= 0.6 is 0 Å². The highest BCUT2D eigenvalue weighted by atomic mass is 16.5. The molecule has 1 N–H and O–H groups in total. The number of rotatable bonds is 8. The van der Waals surface area contributed by atoms with Crippen LogP contribution in [0.15, 0.2) is 42.5 Å². The maximum Gasteiger partial charge on any atom is 0.328 e. The molecule has 0 amide bonds. The van der Waals surface area contributed by atoms with Gasteiger partial charge in [0.25, 0.3) is 0 Å². The summed E-state index contributed by atoms with van der Waals surface area (Å²) < 4.78 is 21.6. The van der Waals surface area contributed by atoms with Crippen molar-refractivity contribution >= 4 is 12.0 Å². The molecule has 132 valence electrons. The fraction of sp³-hybridized carbons (Fsp3) is 0.211. The van der Waals surface area contributed by atoms with Gasteiger partial charge in [0.05, 0.1) is 21.3 Å². The van der Waals surface area contributed by atoms with Gasteiger partial charge >= 0.3 is 5.97 Å². The van der Waals surface area contributed by atoms with Crippen molar-refractivity contribution in [2.45, 2.75) is 6.61 Å². The van der Waals surface area contributed by atoms with Gasteiger partial charge in [-0.05, 0) is 41.5 Å². The monoisotopic (exact) mass is 344 g/mol. The molecule has 0 aliphatic rings. The van der Waals surface area contributed by atoms with Crippen LogP contribution < -0.4 is 18.9 Å². The lowest BCUT2D eigenvalue weighted by molar-refractivity contribution is -0.131. The minimum atomic E-state index is -1.01. The van der Waals surface area contributed by atoms with E-state index in [2.05, 4.69) is 0 Å². The number of benzene rings is 2. The van der Waals surface area contributed by atoms with Crippen molar-refractivity contribution in [2.24, 2.45) is 0 Å². The zero-order valence-corrected chi connectivity index (χ0v) is 14.3. The van der Waals surface area contributed by atoms with Crippen molar-refractivity contribution < 1.29 is 28.8 Å². The fourth-order valence-corrected chi connectivity index (χ4v) is 2.21. The van der Waals surface area contributed by atoms with E-state index >= 15 is 0 Å². The highest BCUT2D eigenvalue weighted by Gasteiger charge is 2.08. The summed E-state index contributed by atoms with van der Waals surface area (Å²) in [5.41, 5.74) is 1.62. The van der Waals surface area contributed by atoms with E-state index in [4.69, 9.17) is 24.1 Å². The predicted molar refractivity (Wildman–Crippen MR) is 93.5 cm³/mol. The van der Waals surface area contributed by atoms with Crippen LogP contribution in [-0.4, -0.2) is 32.4 Å². The summed E-state index contributed by atoms with van der Waals surface area (Å²) in [6, 6.07) is 10.7. The van der Waals surface area contributed by atoms with Crippen molar-refractivity contribution in [1.29, 1.82) is 0 Å². The van der Waals surface area contributed by atoms with E-state index in [0.717, 1.165) is 11.6 Å². The van der Waals surface area contributed by atoms with Gasteiger partial charge in [-0.3, -0.25) is 0 Å². The molecule has 6 nitrogen and oxygen atoms in total. The molecule has 2 aromatic rings. The third-order valence-corrected chi connectivity index (χ3v) is 3.45. The van der Waals surface area contributed by atoms with E-state index in [1.54, 1.807) is 32.4 Å². The van der Waals surface area contributed by atoms with Crippen molar-refractivity contribution in [2.75, 3.05) is 21.3 Å². The number of hydrogen-bond acceptors (Lipinski definition) is 5. The standard InChI is InChI=1S/C19H20O6/c1-22-15-7-5-14(11-17(15)23-2)12-25-16-8-4-13(6-9-19(20)21)10-18(16)24-3/h4-11H,12H2,1-3H3,(H,20,21)/b9-6+. The Labute approximate surface area is 146 Å². The largest absolute Gasteiger partial charge is 0.493 e. The molecule has 0 fully saturated rings. The highest BCUT2D eigenvalue weighted by molar-refractivity contribution is 5.85. The zero-order valence-electron chi connectivity index (χ0n) is 14.3. The molecule has 0 spiro atoms. The van der Waals surface area contributed by atoms with E-state index in [0.29, 0.717) is 35.2 Å². The summed E-state index contributed by atoms with van der Waals surface area (Å²) in [6.45, 7) is 0.320. The summed E-state index contributed by atoms with van der Waals surface area (Å²) in [4.78, 5) is 10.6. The van der Waals surface area contributed by atoms with Gasteiger partial charge in [0.1, 0.15) is 6.61 Å². The Bertz CT molecular complexity index is 767. The molecule has 0 unspecified atom stereocenters. The third-order valence-electron chi connectivity index (χ3n) is 3.45. The normalized spacial score (nSPS) is 10.5. The summed E-state index contributed by atoms with van der Waals surface area (Å²) >= 11 is 0. The number of aliphatic carboxylic acids is 1. The fourth-order valence-electron chi connectivity index (χ4n) is 2.21. The predicted octanol–water partition coefficient (Wildman–Crippen LogP) is 3.39. The Kier molecular flexibility index (Phi) is 6.28. The van der Waals surface area contributed by atoms with Crippen LogP contribution in [0.1, 0.15) is 11.1 Å². The lowest BCUT2D eigenvalue weighted by atomic mass is 10.2. The van der Waals surface area contributed by atoms with Gasteiger partial charge in [-0.25, -0.2) is 4.79 Å². The molecule has 0 aromatic heterocycles. The van der Waals surface area contributed by atoms with E-state index in [1.807, 2.05) is 18.2 Å². The van der Waals surface area contributed by atoms with Gasteiger partial charge in [0.15, 0.2) is 23.0 Å². The number of carbonyl (C=O) groups is 1. The second kappa shape index (κ2) is 8.63. The minimum absolute atomic E-state index is 0.320. The quantitative estimate of drug-likeness (QED) is 0.740. The highest BCUT2D eigenvalue weighted by Crippen LogP contribution is 2.31. The first-order chi connectivity index (χ1) is 12.1. The number of carboxylic acid groups (broad SMARTS) is 1. The van der Waals surface area contributed by atoms with Gasteiger partial charge in [0.2, 0.25) is 0 Å². The summed E-state index contributed by atoms with van der Waals surface area (Å²) in [7, 11) is 4.69. The maximum atomic E-state index is 10.6. The van der Waals surface area contributed by atoms with Crippen LogP contribution in [0.4, 0.5) is 0 Å². The van der Waals surface area contributed by atoms with Gasteiger partial charge in [-0.15, -0.1) is 0 Å². The first-order valence-corrected chi connectivity index (χ1v) is 7.50. The van der Waals surface area contributed by atoms with Crippen molar-refractivity contribution in [3.8, 4) is 23.0 Å². The summed E-state index contributed by atoms with van der Waals surface area (Å²) in [5, 5.41) is 8.68. The van der Waals surface area contributed by atoms with Gasteiger partial charge < -0.3 is 24.1 Å². The van der Waals surface area contributed by atoms with Crippen molar-refractivity contribution in [3.05, 3.63) is 53.6 Å². The molecule has 0 aliphatic carbocycles. The second-order valence-corrected chi connectivity index (χ2v) is 5.06. The molecule has 0 saturated heterocycles. The Balaban J connectivity index is 2.13. The van der Waals surface area contributed by atoms with Crippen molar-refractivity contribution in [3.63, 3.8) is 0 Å². The Morgan fingerprint density at radius 3 is 2.20 bits per heavy atom. The summed E-state index contributed by atoms with van der Waals surface area (Å²) in [5.74, 6) is 1.36. The molecular formula is C19H20O6. The first kappa shape index (κ1) is 18.2. The van der Waals surface area contributed by atoms with Gasteiger partial charge in [-0.2, -0.15) is 0 Å². The number of ether oxygens (including phenoxy) is 4. The molecule has 2 aromatic carbocycles. The number of methoxy groups -OCH3 is 3. The molecule has 0 aliphatic heterocycles. The van der Waals surface area contributed by atoms with Crippen LogP contribution in [0.2, 0.25) is 0 Å². The van der Waals surface area contributed by atoms with E-state index in [1.165, 1.54) is 13.2 Å². The molecule has 6 heteroatoms. The lowest BCUT2D eigenvalue weighted by Crippen LogP contribution is -1.99. The molecule has 2 rings (SSSR count). The van der Waals surface area contributed by atoms with Crippen LogP contribution in [-0.2, 0) is 11.4 Å². The van der Waals surface area contributed by atoms with E-state index < -0.39 is 5.97 Å². The SMILES string of the molecule is COc1ccc(COc2ccc(/C=C/C(=O)O)cc2OC)cc1OC. The smallest absolute Gasteiger partial charge is 0.328 e. The molecular weight excluding hydrogens is 324 g/mol. The minimum Gasteiger partial charge on any atom is -0.493 e. The lowest BCUT2D eigenvalue weighted by Gasteiger charge is -2.13.